The lowest BCUT2D eigenvalue weighted by atomic mass is 10.0. The Labute approximate surface area is 139 Å². The monoisotopic (exact) mass is 321 g/mol. The molecule has 1 N–H and O–H groups in total. The van der Waals surface area contributed by atoms with E-state index in [9.17, 15) is 4.79 Å². The smallest absolute Gasteiger partial charge is 0.262 e. The Morgan fingerprint density at radius 3 is 2.96 bits per heavy atom. The van der Waals surface area contributed by atoms with E-state index in [0.717, 1.165) is 30.5 Å². The Morgan fingerprint density at radius 2 is 2.17 bits per heavy atom. The zero-order valence-electron chi connectivity index (χ0n) is 13.6. The number of hydrogen-bond acceptors (Lipinski definition) is 5. The summed E-state index contributed by atoms with van der Waals surface area (Å²) in [7, 11) is 0. The van der Waals surface area contributed by atoms with E-state index in [4.69, 9.17) is 0 Å². The number of aromatic amines is 1. The van der Waals surface area contributed by atoms with Crippen LogP contribution in [0.4, 0.5) is 5.95 Å². The lowest BCUT2D eigenvalue weighted by Crippen LogP contribution is -2.39. The second-order valence-corrected chi connectivity index (χ2v) is 6.23. The minimum Gasteiger partial charge on any atom is -0.340 e. The number of fused-ring (bicyclic) bond motifs is 1. The molecular formula is C18H19N5O. The van der Waals surface area contributed by atoms with E-state index in [1.165, 1.54) is 6.42 Å². The maximum atomic E-state index is 12.8. The molecule has 0 amide bonds. The summed E-state index contributed by atoms with van der Waals surface area (Å²) in [6.07, 6.45) is 8.61. The number of piperidine rings is 1. The average Bonchev–Trinajstić information content (AvgIpc) is 2.62. The molecule has 0 spiro atoms. The molecule has 4 rings (SSSR count). The number of H-pyrrole nitrogens is 1. The molecule has 1 atom stereocenters. The number of pyridine rings is 2. The van der Waals surface area contributed by atoms with E-state index >= 15 is 0 Å². The van der Waals surface area contributed by atoms with Crippen LogP contribution in [-0.4, -0.2) is 32.5 Å². The van der Waals surface area contributed by atoms with Gasteiger partial charge in [0.05, 0.1) is 5.39 Å². The molecule has 1 aliphatic heterocycles. The summed E-state index contributed by atoms with van der Waals surface area (Å²) >= 11 is 0. The Kier molecular flexibility index (Phi) is 3.72. The highest BCUT2D eigenvalue weighted by molar-refractivity contribution is 5.91. The van der Waals surface area contributed by atoms with Crippen LogP contribution in [-0.2, 0) is 0 Å². The normalized spacial score (nSPS) is 18.0. The lowest BCUT2D eigenvalue weighted by molar-refractivity contribution is 0.477. The van der Waals surface area contributed by atoms with Crippen molar-refractivity contribution in [3.8, 4) is 11.1 Å². The molecule has 24 heavy (non-hydrogen) atoms. The van der Waals surface area contributed by atoms with Crippen LogP contribution in [0.5, 0.6) is 0 Å². The summed E-state index contributed by atoms with van der Waals surface area (Å²) in [5.74, 6) is 0.621. The summed E-state index contributed by atoms with van der Waals surface area (Å²) < 4.78 is 0. The van der Waals surface area contributed by atoms with Crippen LogP contribution in [0.2, 0.25) is 0 Å². The molecule has 6 heteroatoms. The molecule has 122 valence electrons. The molecule has 3 aromatic rings. The first-order valence-corrected chi connectivity index (χ1v) is 8.30. The van der Waals surface area contributed by atoms with Gasteiger partial charge in [-0.1, -0.05) is 6.07 Å². The molecule has 1 unspecified atom stereocenters. The Bertz CT molecular complexity index is 922. The summed E-state index contributed by atoms with van der Waals surface area (Å²) in [5, 5.41) is 0.513. The van der Waals surface area contributed by atoms with E-state index < -0.39 is 0 Å². The molecule has 1 fully saturated rings. The highest BCUT2D eigenvalue weighted by Gasteiger charge is 2.22. The highest BCUT2D eigenvalue weighted by Crippen LogP contribution is 2.26. The van der Waals surface area contributed by atoms with Crippen LogP contribution in [0.15, 0.2) is 41.6 Å². The van der Waals surface area contributed by atoms with Crippen molar-refractivity contribution in [1.29, 1.82) is 0 Å². The molecule has 0 saturated carbocycles. The molecule has 0 aromatic carbocycles. The minimum absolute atomic E-state index is 0.153. The number of aromatic nitrogens is 4. The third-order valence-electron chi connectivity index (χ3n) is 4.64. The molecule has 6 nitrogen and oxygen atoms in total. The van der Waals surface area contributed by atoms with Gasteiger partial charge < -0.3 is 4.90 Å². The SMILES string of the molecule is CC1CCCCN1c1nc2nccc(-c3cccnc3)c2c(=O)[nH]1. The standard InChI is InChI=1S/C18H19N5O/c1-12-5-2-3-10-23(12)18-21-16-15(17(24)22-18)14(7-9-20-16)13-6-4-8-19-11-13/h4,6-9,11-12H,2-3,5,10H2,1H3,(H,20,21,22,24). The van der Waals surface area contributed by atoms with Crippen LogP contribution in [0.3, 0.4) is 0 Å². The molecule has 0 radical (unpaired) electrons. The van der Waals surface area contributed by atoms with E-state index in [1.54, 1.807) is 18.6 Å². The molecule has 0 aliphatic carbocycles. The number of rotatable bonds is 2. The maximum Gasteiger partial charge on any atom is 0.262 e. The number of nitrogens with zero attached hydrogens (tertiary/aromatic N) is 4. The maximum absolute atomic E-state index is 12.8. The van der Waals surface area contributed by atoms with Crippen LogP contribution in [0.1, 0.15) is 26.2 Å². The molecule has 3 aromatic heterocycles. The first-order chi connectivity index (χ1) is 11.7. The molecule has 1 saturated heterocycles. The van der Waals surface area contributed by atoms with Gasteiger partial charge in [-0.05, 0) is 38.3 Å². The van der Waals surface area contributed by atoms with Crippen LogP contribution in [0.25, 0.3) is 22.2 Å². The highest BCUT2D eigenvalue weighted by atomic mass is 16.1. The Balaban J connectivity index is 1.87. The zero-order chi connectivity index (χ0) is 16.5. The van der Waals surface area contributed by atoms with Gasteiger partial charge in [-0.25, -0.2) is 4.98 Å². The summed E-state index contributed by atoms with van der Waals surface area (Å²) in [4.78, 5) is 31.0. The van der Waals surface area contributed by atoms with Gasteiger partial charge in [-0.2, -0.15) is 4.98 Å². The van der Waals surface area contributed by atoms with E-state index in [2.05, 4.69) is 31.8 Å². The summed E-state index contributed by atoms with van der Waals surface area (Å²) in [6, 6.07) is 6.00. The predicted octanol–water partition coefficient (Wildman–Crippen LogP) is 2.76. The van der Waals surface area contributed by atoms with Crippen molar-refractivity contribution >= 4 is 17.0 Å². The number of nitrogens with one attached hydrogen (secondary N) is 1. The molecular weight excluding hydrogens is 302 g/mol. The van der Waals surface area contributed by atoms with Crippen molar-refractivity contribution in [1.82, 2.24) is 19.9 Å². The second kappa shape index (κ2) is 6.03. The average molecular weight is 321 g/mol. The fourth-order valence-corrected chi connectivity index (χ4v) is 3.36. The first kappa shape index (κ1) is 14.8. The van der Waals surface area contributed by atoms with Crippen molar-refractivity contribution in [3.63, 3.8) is 0 Å². The first-order valence-electron chi connectivity index (χ1n) is 8.30. The van der Waals surface area contributed by atoms with Gasteiger partial charge >= 0.3 is 0 Å². The number of anilines is 1. The van der Waals surface area contributed by atoms with Gasteiger partial charge in [0.25, 0.3) is 5.56 Å². The molecule has 1 aliphatic rings. The largest absolute Gasteiger partial charge is 0.340 e. The van der Waals surface area contributed by atoms with E-state index in [0.29, 0.717) is 23.0 Å². The quantitative estimate of drug-likeness (QED) is 0.785. The van der Waals surface area contributed by atoms with Crippen molar-refractivity contribution in [3.05, 3.63) is 47.1 Å². The van der Waals surface area contributed by atoms with Gasteiger partial charge in [0.2, 0.25) is 5.95 Å². The van der Waals surface area contributed by atoms with Crippen molar-refractivity contribution in [2.24, 2.45) is 0 Å². The van der Waals surface area contributed by atoms with Gasteiger partial charge in [-0.15, -0.1) is 0 Å². The van der Waals surface area contributed by atoms with Crippen molar-refractivity contribution < 1.29 is 0 Å². The Morgan fingerprint density at radius 1 is 1.25 bits per heavy atom. The zero-order valence-corrected chi connectivity index (χ0v) is 13.6. The van der Waals surface area contributed by atoms with Gasteiger partial charge in [0.1, 0.15) is 0 Å². The summed E-state index contributed by atoms with van der Waals surface area (Å²) in [6.45, 7) is 3.08. The predicted molar refractivity (Wildman–Crippen MR) is 94.0 cm³/mol. The Hall–Kier alpha value is -2.76. The molecule has 0 bridgehead atoms. The van der Waals surface area contributed by atoms with Crippen LogP contribution in [0, 0.1) is 0 Å². The third kappa shape index (κ3) is 2.54. The third-order valence-corrected chi connectivity index (χ3v) is 4.64. The van der Waals surface area contributed by atoms with Gasteiger partial charge in [0, 0.05) is 42.3 Å². The second-order valence-electron chi connectivity index (χ2n) is 6.23. The van der Waals surface area contributed by atoms with Crippen LogP contribution >= 0.6 is 0 Å². The fraction of sp³-hybridized carbons (Fsp3) is 0.333. The van der Waals surface area contributed by atoms with Crippen molar-refractivity contribution in [2.75, 3.05) is 11.4 Å². The lowest BCUT2D eigenvalue weighted by Gasteiger charge is -2.33. The summed E-state index contributed by atoms with van der Waals surface area (Å²) in [5.41, 5.74) is 2.02. The van der Waals surface area contributed by atoms with E-state index in [1.807, 2.05) is 18.2 Å². The van der Waals surface area contributed by atoms with Gasteiger partial charge in [0.15, 0.2) is 5.65 Å². The topological polar surface area (TPSA) is 74.8 Å². The molecule has 4 heterocycles. The minimum atomic E-state index is -0.153. The van der Waals surface area contributed by atoms with Crippen LogP contribution < -0.4 is 10.5 Å². The fourth-order valence-electron chi connectivity index (χ4n) is 3.36. The van der Waals surface area contributed by atoms with E-state index in [-0.39, 0.29) is 5.56 Å². The van der Waals surface area contributed by atoms with Crippen molar-refractivity contribution in [2.45, 2.75) is 32.2 Å². The number of hydrogen-bond donors (Lipinski definition) is 1. The van der Waals surface area contributed by atoms with Gasteiger partial charge in [-0.3, -0.25) is 14.8 Å².